The summed E-state index contributed by atoms with van der Waals surface area (Å²) in [6.45, 7) is 6.53. The van der Waals surface area contributed by atoms with Gasteiger partial charge in [-0.05, 0) is 37.4 Å². The van der Waals surface area contributed by atoms with Gasteiger partial charge in [0.25, 0.3) is 0 Å². The Morgan fingerprint density at radius 2 is 2.08 bits per heavy atom. The number of piperidine rings is 1. The molecule has 1 aromatic carbocycles. The zero-order valence-electron chi connectivity index (χ0n) is 15.9. The lowest BCUT2D eigenvalue weighted by atomic mass is 10.1. The van der Waals surface area contributed by atoms with Crippen molar-refractivity contribution in [1.29, 1.82) is 0 Å². The minimum atomic E-state index is 0.498. The molecular formula is C20H30N6. The first-order valence-corrected chi connectivity index (χ1v) is 9.56. The van der Waals surface area contributed by atoms with E-state index >= 15 is 0 Å². The van der Waals surface area contributed by atoms with Crippen LogP contribution in [0.25, 0.3) is 5.69 Å². The Morgan fingerprint density at radius 3 is 2.77 bits per heavy atom. The van der Waals surface area contributed by atoms with E-state index in [2.05, 4.69) is 56.7 Å². The first-order valence-electron chi connectivity index (χ1n) is 9.56. The number of nitrogens with one attached hydrogen (secondary N) is 2. The molecule has 0 saturated carbocycles. The van der Waals surface area contributed by atoms with Gasteiger partial charge in [-0.1, -0.05) is 25.1 Å². The van der Waals surface area contributed by atoms with Crippen LogP contribution in [-0.2, 0) is 6.54 Å². The normalized spacial score (nSPS) is 16.6. The molecule has 0 bridgehead atoms. The maximum atomic E-state index is 4.41. The van der Waals surface area contributed by atoms with Gasteiger partial charge in [-0.2, -0.15) is 0 Å². The maximum Gasteiger partial charge on any atom is 0.191 e. The van der Waals surface area contributed by atoms with E-state index < -0.39 is 0 Å². The summed E-state index contributed by atoms with van der Waals surface area (Å²) in [5, 5.41) is 7.05. The number of benzene rings is 1. The number of guanidine groups is 1. The van der Waals surface area contributed by atoms with Gasteiger partial charge in [0, 0.05) is 45.1 Å². The van der Waals surface area contributed by atoms with E-state index in [-0.39, 0.29) is 0 Å². The Balaban J connectivity index is 1.54. The van der Waals surface area contributed by atoms with Gasteiger partial charge >= 0.3 is 0 Å². The van der Waals surface area contributed by atoms with Gasteiger partial charge in [-0.3, -0.25) is 4.99 Å². The number of aliphatic imine (C=N–C) groups is 1. The van der Waals surface area contributed by atoms with Crippen LogP contribution >= 0.6 is 0 Å². The molecule has 1 aliphatic heterocycles. The fourth-order valence-corrected chi connectivity index (χ4v) is 3.50. The summed E-state index contributed by atoms with van der Waals surface area (Å²) in [7, 11) is 1.84. The zero-order valence-corrected chi connectivity index (χ0v) is 15.9. The molecule has 1 aliphatic rings. The van der Waals surface area contributed by atoms with Crippen molar-refractivity contribution in [1.82, 2.24) is 25.1 Å². The summed E-state index contributed by atoms with van der Waals surface area (Å²) in [5.41, 5.74) is 2.35. The number of hydrogen-bond donors (Lipinski definition) is 2. The highest BCUT2D eigenvalue weighted by Crippen LogP contribution is 2.14. The average molecular weight is 355 g/mol. The number of imidazole rings is 1. The summed E-state index contributed by atoms with van der Waals surface area (Å²) >= 11 is 0. The summed E-state index contributed by atoms with van der Waals surface area (Å²) in [6.07, 6.45) is 9.18. The van der Waals surface area contributed by atoms with Gasteiger partial charge < -0.3 is 20.1 Å². The molecule has 2 aromatic rings. The number of hydrogen-bond acceptors (Lipinski definition) is 3. The summed E-state index contributed by atoms with van der Waals surface area (Å²) in [5.74, 6) is 0.874. The van der Waals surface area contributed by atoms with E-state index in [0.717, 1.165) is 18.2 Å². The van der Waals surface area contributed by atoms with Crippen molar-refractivity contribution in [3.05, 3.63) is 48.5 Å². The maximum absolute atomic E-state index is 4.41. The lowest BCUT2D eigenvalue weighted by molar-refractivity contribution is 0.206. The average Bonchev–Trinajstić information content (AvgIpc) is 3.21. The fraction of sp³-hybridized carbons (Fsp3) is 0.500. The monoisotopic (exact) mass is 354 g/mol. The van der Waals surface area contributed by atoms with Crippen molar-refractivity contribution in [3.8, 4) is 5.69 Å². The van der Waals surface area contributed by atoms with E-state index in [1.54, 1.807) is 6.20 Å². The molecule has 1 aromatic heterocycles. The third-order valence-corrected chi connectivity index (χ3v) is 4.91. The van der Waals surface area contributed by atoms with Crippen LogP contribution in [0.3, 0.4) is 0 Å². The molecule has 140 valence electrons. The molecule has 0 atom stereocenters. The smallest absolute Gasteiger partial charge is 0.191 e. The molecule has 1 fully saturated rings. The predicted molar refractivity (Wildman–Crippen MR) is 107 cm³/mol. The van der Waals surface area contributed by atoms with Crippen molar-refractivity contribution in [2.75, 3.05) is 26.7 Å². The number of nitrogens with zero attached hydrogens (tertiary/aromatic N) is 4. The Labute approximate surface area is 156 Å². The second-order valence-electron chi connectivity index (χ2n) is 6.78. The molecular weight excluding hydrogens is 324 g/mol. The minimum Gasteiger partial charge on any atom is -0.354 e. The molecule has 6 heteroatoms. The molecule has 0 aliphatic carbocycles. The first-order chi connectivity index (χ1) is 12.8. The van der Waals surface area contributed by atoms with Crippen LogP contribution in [0.5, 0.6) is 0 Å². The van der Waals surface area contributed by atoms with Crippen LogP contribution in [0.1, 0.15) is 31.7 Å². The highest BCUT2D eigenvalue weighted by molar-refractivity contribution is 5.80. The number of likely N-dealkylation sites (tertiary alicyclic amines) is 1. The molecule has 0 spiro atoms. The van der Waals surface area contributed by atoms with Gasteiger partial charge in [0.05, 0.1) is 12.0 Å². The molecule has 2 heterocycles. The van der Waals surface area contributed by atoms with Gasteiger partial charge in [0.1, 0.15) is 0 Å². The Morgan fingerprint density at radius 1 is 1.27 bits per heavy atom. The van der Waals surface area contributed by atoms with E-state index in [1.807, 2.05) is 24.1 Å². The fourth-order valence-electron chi connectivity index (χ4n) is 3.50. The summed E-state index contributed by atoms with van der Waals surface area (Å²) in [6, 6.07) is 8.86. The Kier molecular flexibility index (Phi) is 6.66. The van der Waals surface area contributed by atoms with Crippen molar-refractivity contribution in [3.63, 3.8) is 0 Å². The van der Waals surface area contributed by atoms with Crippen molar-refractivity contribution in [2.24, 2.45) is 4.99 Å². The topological polar surface area (TPSA) is 57.5 Å². The second kappa shape index (κ2) is 9.38. The van der Waals surface area contributed by atoms with Crippen LogP contribution in [0.2, 0.25) is 0 Å². The van der Waals surface area contributed by atoms with E-state index in [9.17, 15) is 0 Å². The van der Waals surface area contributed by atoms with Crippen LogP contribution in [0, 0.1) is 0 Å². The molecule has 0 unspecified atom stereocenters. The third-order valence-electron chi connectivity index (χ3n) is 4.91. The van der Waals surface area contributed by atoms with Crippen LogP contribution < -0.4 is 10.6 Å². The van der Waals surface area contributed by atoms with Gasteiger partial charge in [-0.15, -0.1) is 0 Å². The molecule has 26 heavy (non-hydrogen) atoms. The highest BCUT2D eigenvalue weighted by atomic mass is 15.2. The van der Waals surface area contributed by atoms with Gasteiger partial charge in [-0.25, -0.2) is 4.98 Å². The van der Waals surface area contributed by atoms with Gasteiger partial charge in [0.15, 0.2) is 5.96 Å². The number of aromatic nitrogens is 2. The highest BCUT2D eigenvalue weighted by Gasteiger charge is 2.19. The van der Waals surface area contributed by atoms with E-state index in [0.29, 0.717) is 6.04 Å². The third kappa shape index (κ3) is 4.85. The summed E-state index contributed by atoms with van der Waals surface area (Å²) < 4.78 is 2.04. The van der Waals surface area contributed by atoms with Crippen molar-refractivity contribution in [2.45, 2.75) is 38.8 Å². The number of rotatable bonds is 6. The van der Waals surface area contributed by atoms with Crippen LogP contribution in [0.4, 0.5) is 0 Å². The predicted octanol–water partition coefficient (Wildman–Crippen LogP) is 2.41. The minimum absolute atomic E-state index is 0.498. The number of para-hydroxylation sites is 1. The quantitative estimate of drug-likeness (QED) is 0.618. The first kappa shape index (κ1) is 18.5. The van der Waals surface area contributed by atoms with Crippen LogP contribution in [-0.4, -0.2) is 53.1 Å². The molecule has 3 rings (SSSR count). The molecule has 0 radical (unpaired) electrons. The van der Waals surface area contributed by atoms with Crippen molar-refractivity contribution < 1.29 is 0 Å². The lowest BCUT2D eigenvalue weighted by Gasteiger charge is -2.32. The van der Waals surface area contributed by atoms with Crippen molar-refractivity contribution >= 4 is 5.96 Å². The zero-order chi connectivity index (χ0) is 18.2. The second-order valence-corrected chi connectivity index (χ2v) is 6.78. The lowest BCUT2D eigenvalue weighted by Crippen LogP contribution is -2.48. The Bertz CT molecular complexity index is 686. The largest absolute Gasteiger partial charge is 0.354 e. The summed E-state index contributed by atoms with van der Waals surface area (Å²) in [4.78, 5) is 11.1. The SMILES string of the molecule is CCCN1CCC(NC(=NC)NCc2ccccc2-n2ccnc2)CC1. The molecule has 0 amide bonds. The van der Waals surface area contributed by atoms with E-state index in [1.165, 1.54) is 44.5 Å². The van der Waals surface area contributed by atoms with Crippen LogP contribution in [0.15, 0.2) is 48.0 Å². The Hall–Kier alpha value is -2.34. The van der Waals surface area contributed by atoms with E-state index in [4.69, 9.17) is 0 Å². The molecule has 6 nitrogen and oxygen atoms in total. The standard InChI is InChI=1S/C20H30N6/c1-3-11-25-12-8-18(9-13-25)24-20(21-2)23-15-17-6-4-5-7-19(17)26-14-10-22-16-26/h4-7,10,14,16,18H,3,8-9,11-13,15H2,1-2H3,(H2,21,23,24). The molecule has 2 N–H and O–H groups in total. The van der Waals surface area contributed by atoms with Gasteiger partial charge in [0.2, 0.25) is 0 Å². The molecule has 1 saturated heterocycles.